The van der Waals surface area contributed by atoms with Crippen LogP contribution in [-0.4, -0.2) is 16.3 Å². The summed E-state index contributed by atoms with van der Waals surface area (Å²) >= 11 is 6.51. The Labute approximate surface area is 142 Å². The van der Waals surface area contributed by atoms with Crippen molar-refractivity contribution in [1.82, 2.24) is 4.98 Å². The van der Waals surface area contributed by atoms with Crippen molar-refractivity contribution in [3.05, 3.63) is 51.8 Å². The summed E-state index contributed by atoms with van der Waals surface area (Å²) in [7, 11) is 0. The molecule has 2 aromatic carbocycles. The van der Waals surface area contributed by atoms with Crippen LogP contribution in [0.1, 0.15) is 4.88 Å². The Hall–Kier alpha value is -1.76. The Morgan fingerprint density at radius 1 is 1.09 bits per heavy atom. The minimum absolute atomic E-state index is 0.285. The Kier molecular flexibility index (Phi) is 3.44. The molecule has 3 nitrogen and oxygen atoms in total. The second kappa shape index (κ2) is 5.46. The number of rotatable bonds is 2. The number of fused-ring (bicyclic) bond motifs is 2. The summed E-state index contributed by atoms with van der Waals surface area (Å²) in [6.45, 7) is 0. The molecule has 0 aliphatic heterocycles. The van der Waals surface area contributed by atoms with E-state index < -0.39 is 0 Å². The summed E-state index contributed by atoms with van der Waals surface area (Å²) < 4.78 is 3.16. The molecule has 0 fully saturated rings. The fraction of sp³-hybridized carbons (Fsp3) is 0. The second-order valence-corrected chi connectivity index (χ2v) is 7.69. The van der Waals surface area contributed by atoms with E-state index in [1.165, 1.54) is 22.7 Å². The predicted molar refractivity (Wildman–Crippen MR) is 98.1 cm³/mol. The maximum absolute atomic E-state index is 10.2. The molecule has 0 saturated carbocycles. The van der Waals surface area contributed by atoms with Gasteiger partial charge in [0.1, 0.15) is 5.75 Å². The van der Waals surface area contributed by atoms with Crippen molar-refractivity contribution < 1.29 is 5.11 Å². The van der Waals surface area contributed by atoms with E-state index in [9.17, 15) is 5.11 Å². The minimum atomic E-state index is 0.285. The van der Waals surface area contributed by atoms with Crippen LogP contribution in [0, 0.1) is 0 Å². The van der Waals surface area contributed by atoms with Gasteiger partial charge in [0.2, 0.25) is 5.13 Å². The van der Waals surface area contributed by atoms with Crippen LogP contribution < -0.4 is 0 Å². The third-order valence-electron chi connectivity index (χ3n) is 3.23. The lowest BCUT2D eigenvalue weighted by atomic mass is 10.2. The van der Waals surface area contributed by atoms with Crippen LogP contribution in [0.2, 0.25) is 0 Å². The number of hydrogen-bond acceptors (Lipinski definition) is 5. The molecular weight excluding hydrogens is 380 g/mol. The van der Waals surface area contributed by atoms with Gasteiger partial charge in [0.05, 0.1) is 21.3 Å². The van der Waals surface area contributed by atoms with E-state index in [-0.39, 0.29) is 5.75 Å². The number of aromatic nitrogens is 1. The average Bonchev–Trinajstić information content (AvgIpc) is 3.06. The normalized spacial score (nSPS) is 11.9. The number of thiazole rings is 1. The lowest BCUT2D eigenvalue weighted by Crippen LogP contribution is -1.73. The first-order valence-electron chi connectivity index (χ1n) is 6.51. The third kappa shape index (κ3) is 2.43. The first-order valence-corrected chi connectivity index (χ1v) is 8.94. The van der Waals surface area contributed by atoms with Gasteiger partial charge in [0.15, 0.2) is 0 Å². The van der Waals surface area contributed by atoms with E-state index in [1.807, 2.05) is 42.5 Å². The number of halogens is 1. The molecule has 6 heteroatoms. The zero-order chi connectivity index (χ0) is 15.1. The molecule has 4 rings (SSSR count). The summed E-state index contributed by atoms with van der Waals surface area (Å²) in [5.41, 5.74) is 0.931. The molecule has 0 amide bonds. The van der Waals surface area contributed by atoms with Gasteiger partial charge < -0.3 is 5.11 Å². The van der Waals surface area contributed by atoms with Crippen LogP contribution in [0.25, 0.3) is 20.3 Å². The van der Waals surface area contributed by atoms with Crippen LogP contribution in [0.4, 0.5) is 5.13 Å². The van der Waals surface area contributed by atoms with Crippen molar-refractivity contribution in [3.63, 3.8) is 0 Å². The largest absolute Gasteiger partial charge is 0.506 e. The molecule has 0 radical (unpaired) electrons. The maximum Gasteiger partial charge on any atom is 0.210 e. The van der Waals surface area contributed by atoms with Crippen LogP contribution in [0.3, 0.4) is 0 Å². The average molecular weight is 389 g/mol. The summed E-state index contributed by atoms with van der Waals surface area (Å²) in [6.07, 6.45) is 1.69. The number of aromatic hydroxyl groups is 1. The molecule has 2 heterocycles. The molecule has 2 aromatic heterocycles. The van der Waals surface area contributed by atoms with Crippen LogP contribution in [0.5, 0.6) is 5.75 Å². The minimum Gasteiger partial charge on any atom is -0.506 e. The van der Waals surface area contributed by atoms with Gasteiger partial charge >= 0.3 is 0 Å². The Bertz CT molecular complexity index is 1020. The Morgan fingerprint density at radius 3 is 2.82 bits per heavy atom. The van der Waals surface area contributed by atoms with Gasteiger partial charge in [-0.15, -0.1) is 11.3 Å². The third-order valence-corrected chi connectivity index (χ3v) is 5.74. The molecule has 0 unspecified atom stereocenters. The molecule has 22 heavy (non-hydrogen) atoms. The zero-order valence-electron chi connectivity index (χ0n) is 11.2. The summed E-state index contributed by atoms with van der Waals surface area (Å²) in [5, 5.41) is 11.8. The molecule has 0 aliphatic rings. The van der Waals surface area contributed by atoms with E-state index in [1.54, 1.807) is 6.21 Å². The lowest BCUT2D eigenvalue weighted by Gasteiger charge is -1.89. The van der Waals surface area contributed by atoms with E-state index in [4.69, 9.17) is 0 Å². The fourth-order valence-electron chi connectivity index (χ4n) is 2.19. The molecule has 0 saturated heterocycles. The van der Waals surface area contributed by atoms with Crippen molar-refractivity contribution >= 4 is 70.3 Å². The lowest BCUT2D eigenvalue weighted by molar-refractivity contribution is 0.483. The number of benzene rings is 2. The van der Waals surface area contributed by atoms with Gasteiger partial charge in [-0.25, -0.2) is 9.98 Å². The highest BCUT2D eigenvalue weighted by Gasteiger charge is 2.09. The predicted octanol–water partition coefficient (Wildman–Crippen LogP) is 5.73. The van der Waals surface area contributed by atoms with Crippen molar-refractivity contribution in [3.8, 4) is 5.75 Å². The zero-order valence-corrected chi connectivity index (χ0v) is 14.4. The first-order chi connectivity index (χ1) is 10.7. The second-order valence-electron chi connectivity index (χ2n) is 4.68. The van der Waals surface area contributed by atoms with E-state index >= 15 is 0 Å². The quantitative estimate of drug-likeness (QED) is 0.445. The highest BCUT2D eigenvalue weighted by Crippen LogP contribution is 2.36. The number of nitrogens with zero attached hydrogens (tertiary/aromatic N) is 2. The van der Waals surface area contributed by atoms with Crippen molar-refractivity contribution in [2.24, 2.45) is 4.99 Å². The maximum atomic E-state index is 10.2. The van der Waals surface area contributed by atoms with Crippen molar-refractivity contribution in [2.75, 3.05) is 0 Å². The SMILES string of the molecule is Oc1c(/C=N/c2nc3ccc(Br)cc3s2)sc2ccccc12. The standard InChI is InChI=1S/C16H9BrN2OS2/c17-9-5-6-11-13(7-9)22-16(19-11)18-8-14-15(20)10-3-1-2-4-12(10)21-14/h1-8,20H/b18-8+. The van der Waals surface area contributed by atoms with Crippen molar-refractivity contribution in [1.29, 1.82) is 0 Å². The van der Waals surface area contributed by atoms with Gasteiger partial charge in [-0.1, -0.05) is 39.4 Å². The molecule has 0 atom stereocenters. The number of aliphatic imine (C=N–C) groups is 1. The Morgan fingerprint density at radius 2 is 1.95 bits per heavy atom. The van der Waals surface area contributed by atoms with E-state index in [0.29, 0.717) is 5.13 Å². The fourth-order valence-corrected chi connectivity index (χ4v) is 4.53. The monoisotopic (exact) mass is 388 g/mol. The molecule has 4 aromatic rings. The molecule has 108 valence electrons. The van der Waals surface area contributed by atoms with Gasteiger partial charge in [-0.2, -0.15) is 0 Å². The smallest absolute Gasteiger partial charge is 0.210 e. The van der Waals surface area contributed by atoms with E-state index in [0.717, 1.165) is 29.7 Å². The van der Waals surface area contributed by atoms with Crippen LogP contribution in [0.15, 0.2) is 51.9 Å². The first kappa shape index (κ1) is 13.9. The van der Waals surface area contributed by atoms with Gasteiger partial charge in [0.25, 0.3) is 0 Å². The van der Waals surface area contributed by atoms with Gasteiger partial charge in [-0.05, 0) is 30.3 Å². The molecule has 0 aliphatic carbocycles. The summed E-state index contributed by atoms with van der Waals surface area (Å²) in [5.74, 6) is 0.285. The van der Waals surface area contributed by atoms with Crippen molar-refractivity contribution in [2.45, 2.75) is 0 Å². The van der Waals surface area contributed by atoms with Crippen LogP contribution in [-0.2, 0) is 0 Å². The highest BCUT2D eigenvalue weighted by molar-refractivity contribution is 9.10. The van der Waals surface area contributed by atoms with Gasteiger partial charge in [-0.3, -0.25) is 0 Å². The number of thiophene rings is 1. The molecule has 1 N–H and O–H groups in total. The van der Waals surface area contributed by atoms with Gasteiger partial charge in [0, 0.05) is 14.6 Å². The highest BCUT2D eigenvalue weighted by atomic mass is 79.9. The molecule has 0 spiro atoms. The Balaban J connectivity index is 1.73. The summed E-state index contributed by atoms with van der Waals surface area (Å²) in [4.78, 5) is 9.64. The molecule has 0 bridgehead atoms. The topological polar surface area (TPSA) is 45.5 Å². The summed E-state index contributed by atoms with van der Waals surface area (Å²) in [6, 6.07) is 13.7. The van der Waals surface area contributed by atoms with Crippen LogP contribution >= 0.6 is 38.6 Å². The van der Waals surface area contributed by atoms with E-state index in [2.05, 4.69) is 25.9 Å². The molecular formula is C16H9BrN2OS2. The number of hydrogen-bond donors (Lipinski definition) is 1.